The molecular weight excluding hydrogens is 390 g/mol. The first-order valence-electron chi connectivity index (χ1n) is 10.4. The quantitative estimate of drug-likeness (QED) is 0.609. The molecule has 2 aliphatic heterocycles. The van der Waals surface area contributed by atoms with E-state index in [1.165, 1.54) is 6.07 Å². The summed E-state index contributed by atoms with van der Waals surface area (Å²) < 4.78 is 1.61. The van der Waals surface area contributed by atoms with Crippen molar-refractivity contribution in [2.24, 2.45) is 0 Å². The molecule has 3 aromatic rings. The number of aromatic nitrogens is 1. The molecule has 1 amide bonds. The third-order valence-corrected chi connectivity index (χ3v) is 5.35. The van der Waals surface area contributed by atoms with Gasteiger partial charge in [0.15, 0.2) is 11.4 Å². The first kappa shape index (κ1) is 20.5. The number of carbonyl (C=O) groups excluding carboxylic acids is 1. The first-order chi connectivity index (χ1) is 15.1. The fourth-order valence-electron chi connectivity index (χ4n) is 3.76. The number of nitrogens with zero attached hydrogens (tertiary/aromatic N) is 3. The van der Waals surface area contributed by atoms with E-state index in [0.29, 0.717) is 19.8 Å². The van der Waals surface area contributed by atoms with Crippen LogP contribution in [-0.2, 0) is 6.54 Å². The maximum atomic E-state index is 12.8. The van der Waals surface area contributed by atoms with E-state index in [1.807, 2.05) is 53.5 Å². The number of hydrogen-bond donors (Lipinski definition) is 1. The topological polar surface area (TPSA) is 65.8 Å². The van der Waals surface area contributed by atoms with Crippen LogP contribution in [0.5, 0.6) is 5.75 Å². The van der Waals surface area contributed by atoms with E-state index in [9.17, 15) is 14.7 Å². The molecule has 0 saturated carbocycles. The van der Waals surface area contributed by atoms with E-state index < -0.39 is 11.2 Å². The summed E-state index contributed by atoms with van der Waals surface area (Å²) in [6.45, 7) is 1.57. The second kappa shape index (κ2) is 9.34. The van der Waals surface area contributed by atoms with Gasteiger partial charge in [0, 0.05) is 18.8 Å². The van der Waals surface area contributed by atoms with E-state index in [1.54, 1.807) is 15.8 Å². The zero-order chi connectivity index (χ0) is 21.6. The van der Waals surface area contributed by atoms with Gasteiger partial charge in [-0.2, -0.15) is 0 Å². The lowest BCUT2D eigenvalue weighted by atomic mass is 10.1. The summed E-state index contributed by atoms with van der Waals surface area (Å²) in [5, 5.41) is 12.2. The van der Waals surface area contributed by atoms with Gasteiger partial charge in [0.05, 0.1) is 6.54 Å². The monoisotopic (exact) mass is 415 g/mol. The van der Waals surface area contributed by atoms with Gasteiger partial charge in [0.2, 0.25) is 5.43 Å². The van der Waals surface area contributed by atoms with E-state index in [2.05, 4.69) is 24.3 Å². The average Bonchev–Trinajstić information content (AvgIpc) is 2.84. The molecular formula is C25H25N3O3. The van der Waals surface area contributed by atoms with Crippen molar-refractivity contribution >= 4 is 12.0 Å². The lowest BCUT2D eigenvalue weighted by Gasteiger charge is -2.39. The highest BCUT2D eigenvalue weighted by molar-refractivity contribution is 5.96. The normalized spacial score (nSPS) is 16.2. The lowest BCUT2D eigenvalue weighted by molar-refractivity contribution is 0.0683. The maximum Gasteiger partial charge on any atom is 0.277 e. The van der Waals surface area contributed by atoms with Crippen molar-refractivity contribution in [3.63, 3.8) is 0 Å². The van der Waals surface area contributed by atoms with Gasteiger partial charge in [-0.1, -0.05) is 72.8 Å². The predicted molar refractivity (Wildman–Crippen MR) is 121 cm³/mol. The number of benzene rings is 2. The zero-order valence-corrected chi connectivity index (χ0v) is 17.2. The van der Waals surface area contributed by atoms with Gasteiger partial charge >= 0.3 is 0 Å². The predicted octanol–water partition coefficient (Wildman–Crippen LogP) is 3.60. The maximum absolute atomic E-state index is 12.8. The Labute approximate surface area is 181 Å². The highest BCUT2D eigenvalue weighted by Gasteiger charge is 2.32. The van der Waals surface area contributed by atoms with Gasteiger partial charge in [0.25, 0.3) is 5.91 Å². The standard InChI is InChI=1S/C19H19N3O3.C6H6/c23-16-9-11-22-17(18(16)24)19(25)20-10-5-1-2-6-14-7-3-4-8-15(14)12-21(22)13-20;1-2-4-6-5-3-1/h2-4,6-9,11,24H,1,5,10,12-13H2;1-6H/b6-2-;. The Balaban J connectivity index is 0.000000334. The Kier molecular flexibility index (Phi) is 6.17. The van der Waals surface area contributed by atoms with Crippen molar-refractivity contribution in [1.29, 1.82) is 0 Å². The van der Waals surface area contributed by atoms with E-state index in [0.717, 1.165) is 24.0 Å². The Bertz CT molecular complexity index is 1110. The van der Waals surface area contributed by atoms with Crippen molar-refractivity contribution in [3.8, 4) is 5.75 Å². The molecule has 5 rings (SSSR count). The van der Waals surface area contributed by atoms with Crippen LogP contribution in [0.25, 0.3) is 6.08 Å². The lowest BCUT2D eigenvalue weighted by Crippen LogP contribution is -2.53. The number of amides is 1. The molecule has 0 unspecified atom stereocenters. The molecule has 0 saturated heterocycles. The van der Waals surface area contributed by atoms with Crippen molar-refractivity contribution in [3.05, 3.63) is 106 Å². The summed E-state index contributed by atoms with van der Waals surface area (Å²) in [7, 11) is 0. The molecule has 0 radical (unpaired) electrons. The molecule has 1 N–H and O–H groups in total. The highest BCUT2D eigenvalue weighted by atomic mass is 16.3. The van der Waals surface area contributed by atoms with E-state index >= 15 is 0 Å². The van der Waals surface area contributed by atoms with Crippen molar-refractivity contribution < 1.29 is 9.90 Å². The molecule has 0 aliphatic carbocycles. The van der Waals surface area contributed by atoms with Crippen LogP contribution in [0.1, 0.15) is 34.5 Å². The summed E-state index contributed by atoms with van der Waals surface area (Å²) in [4.78, 5) is 26.3. The van der Waals surface area contributed by atoms with Crippen LogP contribution in [0.2, 0.25) is 0 Å². The Morgan fingerprint density at radius 3 is 2.32 bits per heavy atom. The Hall–Kier alpha value is -3.80. The molecule has 0 spiro atoms. The van der Waals surface area contributed by atoms with Crippen molar-refractivity contribution in [2.75, 3.05) is 18.2 Å². The molecule has 6 nitrogen and oxygen atoms in total. The fourth-order valence-corrected chi connectivity index (χ4v) is 3.76. The zero-order valence-electron chi connectivity index (χ0n) is 17.2. The summed E-state index contributed by atoms with van der Waals surface area (Å²) in [5.41, 5.74) is 1.77. The molecule has 0 atom stereocenters. The third kappa shape index (κ3) is 4.53. The highest BCUT2D eigenvalue weighted by Crippen LogP contribution is 2.23. The Morgan fingerprint density at radius 1 is 0.871 bits per heavy atom. The fraction of sp³-hybridized carbons (Fsp3) is 0.200. The van der Waals surface area contributed by atoms with Crippen LogP contribution < -0.4 is 10.4 Å². The van der Waals surface area contributed by atoms with Crippen LogP contribution in [0.4, 0.5) is 0 Å². The molecule has 158 valence electrons. The largest absolute Gasteiger partial charge is 0.502 e. The smallest absolute Gasteiger partial charge is 0.277 e. The molecule has 3 heterocycles. The van der Waals surface area contributed by atoms with Gasteiger partial charge in [0.1, 0.15) is 6.67 Å². The summed E-state index contributed by atoms with van der Waals surface area (Å²) in [6, 6.07) is 21.4. The van der Waals surface area contributed by atoms with Crippen LogP contribution in [0.3, 0.4) is 0 Å². The van der Waals surface area contributed by atoms with Crippen LogP contribution in [0.15, 0.2) is 83.8 Å². The molecule has 2 bridgehead atoms. The second-order valence-electron chi connectivity index (χ2n) is 7.49. The minimum absolute atomic E-state index is 0.0448. The molecule has 0 fully saturated rings. The number of fused-ring (bicyclic) bond motifs is 5. The first-order valence-corrected chi connectivity index (χ1v) is 10.4. The number of rotatable bonds is 0. The minimum Gasteiger partial charge on any atom is -0.502 e. The van der Waals surface area contributed by atoms with Crippen molar-refractivity contribution in [1.82, 2.24) is 9.58 Å². The van der Waals surface area contributed by atoms with Crippen LogP contribution in [-0.4, -0.2) is 33.8 Å². The molecule has 2 aromatic carbocycles. The summed E-state index contributed by atoms with van der Waals surface area (Å²) in [5.74, 6) is -0.786. The van der Waals surface area contributed by atoms with Crippen LogP contribution >= 0.6 is 0 Å². The van der Waals surface area contributed by atoms with E-state index in [-0.39, 0.29) is 11.6 Å². The molecule has 2 aliphatic rings. The average molecular weight is 415 g/mol. The number of allylic oxidation sites excluding steroid dienone is 1. The van der Waals surface area contributed by atoms with E-state index in [4.69, 9.17) is 0 Å². The molecule has 31 heavy (non-hydrogen) atoms. The van der Waals surface area contributed by atoms with Gasteiger partial charge in [-0.05, 0) is 24.0 Å². The second-order valence-corrected chi connectivity index (χ2v) is 7.49. The third-order valence-electron chi connectivity index (χ3n) is 5.35. The number of pyridine rings is 1. The summed E-state index contributed by atoms with van der Waals surface area (Å²) >= 11 is 0. The minimum atomic E-state index is -0.534. The number of hydrogen-bond acceptors (Lipinski definition) is 4. The molecule has 6 heteroatoms. The SMILES string of the molecule is O=C1c2c(O)c(=O)ccn2N2Cc3ccccc3/C=C\CCCN1C2.c1ccccc1. The van der Waals surface area contributed by atoms with Crippen molar-refractivity contribution in [2.45, 2.75) is 19.4 Å². The number of aromatic hydroxyl groups is 1. The van der Waals surface area contributed by atoms with Gasteiger partial charge in [-0.3, -0.25) is 19.3 Å². The summed E-state index contributed by atoms with van der Waals surface area (Å²) in [6.07, 6.45) is 7.50. The Morgan fingerprint density at radius 2 is 1.58 bits per heavy atom. The van der Waals surface area contributed by atoms with Gasteiger partial charge < -0.3 is 10.0 Å². The molecule has 1 aromatic heterocycles. The van der Waals surface area contributed by atoms with Gasteiger partial charge in [-0.15, -0.1) is 0 Å². The van der Waals surface area contributed by atoms with Crippen LogP contribution in [0, 0.1) is 0 Å². The van der Waals surface area contributed by atoms with Gasteiger partial charge in [-0.25, -0.2) is 0 Å². The number of carbonyl (C=O) groups is 1.